The van der Waals surface area contributed by atoms with Crippen molar-refractivity contribution in [1.29, 1.82) is 5.26 Å². The van der Waals surface area contributed by atoms with Crippen LogP contribution in [-0.4, -0.2) is 16.9 Å². The molecule has 96 valence electrons. The van der Waals surface area contributed by atoms with E-state index in [-0.39, 0.29) is 5.91 Å². The van der Waals surface area contributed by atoms with E-state index < -0.39 is 0 Å². The number of thioether (sulfide) groups is 1. The van der Waals surface area contributed by atoms with Crippen molar-refractivity contribution in [2.45, 2.75) is 37.4 Å². The van der Waals surface area contributed by atoms with E-state index in [1.165, 1.54) is 43.4 Å². The number of carbonyl (C=O) groups excluding carboxylic acids is 1. The molecule has 1 heterocycles. The van der Waals surface area contributed by atoms with Crippen molar-refractivity contribution < 1.29 is 4.79 Å². The fraction of sp³-hybridized carbons (Fsp3) is 0.538. The SMILES string of the molecule is N#Cc1ccsc1NC(=O)CSC1CCCCC1. The van der Waals surface area contributed by atoms with E-state index in [2.05, 4.69) is 11.4 Å². The van der Waals surface area contributed by atoms with Crippen molar-refractivity contribution in [1.82, 2.24) is 0 Å². The Hall–Kier alpha value is -0.990. The minimum atomic E-state index is 0.00419. The van der Waals surface area contributed by atoms with Gasteiger partial charge in [0.15, 0.2) is 0 Å². The van der Waals surface area contributed by atoms with Crippen LogP contribution in [0.25, 0.3) is 0 Å². The van der Waals surface area contributed by atoms with Gasteiger partial charge in [-0.15, -0.1) is 23.1 Å². The second kappa shape index (κ2) is 6.81. The van der Waals surface area contributed by atoms with Gasteiger partial charge in [0.2, 0.25) is 5.91 Å². The number of nitrogens with one attached hydrogen (secondary N) is 1. The van der Waals surface area contributed by atoms with Crippen LogP contribution in [0.15, 0.2) is 11.4 Å². The predicted molar refractivity (Wildman–Crippen MR) is 77.0 cm³/mol. The molecule has 5 heteroatoms. The lowest BCUT2D eigenvalue weighted by atomic mass is 10.0. The Bertz CT molecular complexity index is 444. The molecule has 1 fully saturated rings. The average Bonchev–Trinajstić information content (AvgIpc) is 2.85. The molecule has 0 aliphatic heterocycles. The highest BCUT2D eigenvalue weighted by Crippen LogP contribution is 2.28. The van der Waals surface area contributed by atoms with E-state index in [1.54, 1.807) is 17.8 Å². The molecule has 1 saturated carbocycles. The molecule has 1 amide bonds. The van der Waals surface area contributed by atoms with E-state index >= 15 is 0 Å². The van der Waals surface area contributed by atoms with Crippen molar-refractivity contribution in [3.8, 4) is 6.07 Å². The second-order valence-electron chi connectivity index (χ2n) is 4.39. The highest BCUT2D eigenvalue weighted by Gasteiger charge is 2.16. The summed E-state index contributed by atoms with van der Waals surface area (Å²) in [6, 6.07) is 3.81. The van der Waals surface area contributed by atoms with Gasteiger partial charge in [-0.2, -0.15) is 5.26 Å². The van der Waals surface area contributed by atoms with Crippen molar-refractivity contribution in [3.05, 3.63) is 17.0 Å². The largest absolute Gasteiger partial charge is 0.316 e. The van der Waals surface area contributed by atoms with Gasteiger partial charge in [-0.1, -0.05) is 19.3 Å². The molecule has 0 radical (unpaired) electrons. The molecule has 0 atom stereocenters. The van der Waals surface area contributed by atoms with Crippen LogP contribution in [0.1, 0.15) is 37.7 Å². The summed E-state index contributed by atoms with van der Waals surface area (Å²) in [4.78, 5) is 11.8. The van der Waals surface area contributed by atoms with Gasteiger partial charge in [0.05, 0.1) is 11.3 Å². The zero-order valence-corrected chi connectivity index (χ0v) is 11.8. The van der Waals surface area contributed by atoms with Crippen LogP contribution in [-0.2, 0) is 4.79 Å². The number of hydrogen-bond acceptors (Lipinski definition) is 4. The van der Waals surface area contributed by atoms with Crippen LogP contribution in [0, 0.1) is 11.3 Å². The molecule has 0 aromatic carbocycles. The fourth-order valence-electron chi connectivity index (χ4n) is 2.08. The lowest BCUT2D eigenvalue weighted by molar-refractivity contribution is -0.113. The van der Waals surface area contributed by atoms with Gasteiger partial charge in [0, 0.05) is 5.25 Å². The minimum Gasteiger partial charge on any atom is -0.316 e. The molecule has 0 spiro atoms. The van der Waals surface area contributed by atoms with Crippen molar-refractivity contribution in [2.24, 2.45) is 0 Å². The first-order valence-electron chi connectivity index (χ1n) is 6.18. The molecule has 1 aliphatic carbocycles. The minimum absolute atomic E-state index is 0.00419. The maximum Gasteiger partial charge on any atom is 0.235 e. The molecule has 1 aliphatic rings. The summed E-state index contributed by atoms with van der Waals surface area (Å²) in [7, 11) is 0. The molecule has 0 saturated heterocycles. The maximum atomic E-state index is 11.8. The summed E-state index contributed by atoms with van der Waals surface area (Å²) in [6.07, 6.45) is 6.40. The molecule has 18 heavy (non-hydrogen) atoms. The van der Waals surface area contributed by atoms with Crippen molar-refractivity contribution >= 4 is 34.0 Å². The standard InChI is InChI=1S/C13H16N2OS2/c14-8-10-6-7-17-13(10)15-12(16)9-18-11-4-2-1-3-5-11/h6-7,11H,1-5,9H2,(H,15,16). The molecule has 3 nitrogen and oxygen atoms in total. The first kappa shape index (κ1) is 13.4. The Kier molecular flexibility index (Phi) is 5.09. The molecule has 0 unspecified atom stereocenters. The van der Waals surface area contributed by atoms with Gasteiger partial charge >= 0.3 is 0 Å². The summed E-state index contributed by atoms with van der Waals surface area (Å²) in [5.74, 6) is 0.498. The quantitative estimate of drug-likeness (QED) is 0.916. The number of amides is 1. The smallest absolute Gasteiger partial charge is 0.235 e. The van der Waals surface area contributed by atoms with Crippen LogP contribution in [0.5, 0.6) is 0 Å². The summed E-state index contributed by atoms with van der Waals surface area (Å²) in [6.45, 7) is 0. The lowest BCUT2D eigenvalue weighted by Gasteiger charge is -2.20. The third-order valence-corrected chi connectivity index (χ3v) is 5.24. The first-order valence-corrected chi connectivity index (χ1v) is 8.11. The zero-order valence-electron chi connectivity index (χ0n) is 10.1. The molecule has 2 rings (SSSR count). The van der Waals surface area contributed by atoms with Gasteiger partial charge in [0.1, 0.15) is 11.1 Å². The van der Waals surface area contributed by atoms with Crippen LogP contribution in [0.3, 0.4) is 0 Å². The van der Waals surface area contributed by atoms with Gasteiger partial charge in [-0.25, -0.2) is 0 Å². The third kappa shape index (κ3) is 3.76. The number of hydrogen-bond donors (Lipinski definition) is 1. The second-order valence-corrected chi connectivity index (χ2v) is 6.60. The number of thiophene rings is 1. The number of anilines is 1. The monoisotopic (exact) mass is 280 g/mol. The summed E-state index contributed by atoms with van der Waals surface area (Å²) >= 11 is 3.15. The predicted octanol–water partition coefficient (Wildman–Crippen LogP) is 3.62. The van der Waals surface area contributed by atoms with E-state index in [4.69, 9.17) is 5.26 Å². The highest BCUT2D eigenvalue weighted by atomic mass is 32.2. The molecule has 1 aromatic heterocycles. The Labute approximate surface area is 116 Å². The number of carbonyl (C=O) groups is 1. The molecule has 1 aromatic rings. The van der Waals surface area contributed by atoms with Crippen LogP contribution in [0.4, 0.5) is 5.00 Å². The third-order valence-electron chi connectivity index (χ3n) is 3.04. The molecular formula is C13H16N2OS2. The van der Waals surface area contributed by atoms with Crippen molar-refractivity contribution in [2.75, 3.05) is 11.1 Å². The molecule has 1 N–H and O–H groups in total. The van der Waals surface area contributed by atoms with E-state index in [1.807, 2.05) is 5.38 Å². The topological polar surface area (TPSA) is 52.9 Å². The summed E-state index contributed by atoms with van der Waals surface area (Å²) in [5.41, 5.74) is 0.552. The molecule has 0 bridgehead atoms. The van der Waals surface area contributed by atoms with Gasteiger partial charge < -0.3 is 5.32 Å². The normalized spacial score (nSPS) is 16.2. The number of rotatable bonds is 4. The highest BCUT2D eigenvalue weighted by molar-refractivity contribution is 8.00. The average molecular weight is 280 g/mol. The Morgan fingerprint density at radius 2 is 2.28 bits per heavy atom. The zero-order chi connectivity index (χ0) is 12.8. The maximum absolute atomic E-state index is 11.8. The Morgan fingerprint density at radius 1 is 1.50 bits per heavy atom. The van der Waals surface area contributed by atoms with Gasteiger partial charge in [-0.05, 0) is 24.3 Å². The first-order chi connectivity index (χ1) is 8.79. The Balaban J connectivity index is 1.77. The fourth-order valence-corrected chi connectivity index (χ4v) is 3.96. The summed E-state index contributed by atoms with van der Waals surface area (Å²) in [5, 5.41) is 14.8. The van der Waals surface area contributed by atoms with E-state index in [0.29, 0.717) is 21.6 Å². The van der Waals surface area contributed by atoms with Crippen LogP contribution >= 0.6 is 23.1 Å². The molecular weight excluding hydrogens is 264 g/mol. The number of nitriles is 1. The van der Waals surface area contributed by atoms with Gasteiger partial charge in [-0.3, -0.25) is 4.79 Å². The Morgan fingerprint density at radius 3 is 3.00 bits per heavy atom. The van der Waals surface area contributed by atoms with Crippen LogP contribution in [0.2, 0.25) is 0 Å². The van der Waals surface area contributed by atoms with E-state index in [9.17, 15) is 4.79 Å². The van der Waals surface area contributed by atoms with Crippen LogP contribution < -0.4 is 5.32 Å². The van der Waals surface area contributed by atoms with E-state index in [0.717, 1.165) is 0 Å². The van der Waals surface area contributed by atoms with Crippen molar-refractivity contribution in [3.63, 3.8) is 0 Å². The summed E-state index contributed by atoms with van der Waals surface area (Å²) < 4.78 is 0. The lowest BCUT2D eigenvalue weighted by Crippen LogP contribution is -2.17. The van der Waals surface area contributed by atoms with Gasteiger partial charge in [0.25, 0.3) is 0 Å². The number of nitrogens with zero attached hydrogens (tertiary/aromatic N) is 1.